The number of ketones is 1. The third kappa shape index (κ3) is 4.92. The number of carbonyl (C=O) groups excluding carboxylic acids is 2. The first-order chi connectivity index (χ1) is 13.0. The Morgan fingerprint density at radius 1 is 1.07 bits per heavy atom. The van der Waals surface area contributed by atoms with Crippen LogP contribution >= 0.6 is 0 Å². The fourth-order valence-electron chi connectivity index (χ4n) is 2.69. The molecule has 2 aromatic rings. The molecule has 7 heteroatoms. The Labute approximate surface area is 157 Å². The second-order valence-electron chi connectivity index (χ2n) is 5.99. The molecule has 27 heavy (non-hydrogen) atoms. The maximum Gasteiger partial charge on any atom is 0.339 e. The molecular formula is C20H22N2O5. The molecule has 0 saturated carbocycles. The van der Waals surface area contributed by atoms with Crippen molar-refractivity contribution in [1.82, 2.24) is 0 Å². The fourth-order valence-corrected chi connectivity index (χ4v) is 2.69. The Morgan fingerprint density at radius 3 is 2.37 bits per heavy atom. The highest BCUT2D eigenvalue weighted by atomic mass is 16.6. The van der Waals surface area contributed by atoms with Crippen molar-refractivity contribution < 1.29 is 24.3 Å². The van der Waals surface area contributed by atoms with E-state index in [-0.39, 0.29) is 28.5 Å². The van der Waals surface area contributed by atoms with E-state index >= 15 is 0 Å². The predicted molar refractivity (Wildman–Crippen MR) is 101 cm³/mol. The van der Waals surface area contributed by atoms with Crippen LogP contribution < -0.4 is 16.1 Å². The van der Waals surface area contributed by atoms with E-state index in [2.05, 4.69) is 5.32 Å². The van der Waals surface area contributed by atoms with E-state index in [4.69, 9.17) is 10.7 Å². The van der Waals surface area contributed by atoms with Gasteiger partial charge in [0.05, 0.1) is 11.3 Å². The third-order valence-electron chi connectivity index (χ3n) is 4.05. The molecule has 0 heterocycles. The van der Waals surface area contributed by atoms with Crippen molar-refractivity contribution >= 4 is 23.3 Å². The second-order valence-corrected chi connectivity index (χ2v) is 5.99. The summed E-state index contributed by atoms with van der Waals surface area (Å²) in [7, 11) is 0. The average Bonchev–Trinajstić information content (AvgIpc) is 2.67. The first-order valence-corrected chi connectivity index (χ1v) is 8.66. The number of unbranched alkanes of at least 4 members (excludes halogenated alkanes) is 2. The molecule has 0 bridgehead atoms. The largest absolute Gasteiger partial charge is 0.478 e. The standard InChI is InChI=1S/C20H22N2O5/c1-2-3-5-10-16(23)22-15-12-11-14(20(25)26)19(27-21)17(15)18(24)13-8-6-4-7-9-13/h4,6-9,11-12H,2-3,5,10,21H2,1H3,(H,22,23)(H,25,26). The minimum atomic E-state index is -1.29. The Kier molecular flexibility index (Phi) is 7.08. The highest BCUT2D eigenvalue weighted by Crippen LogP contribution is 2.33. The van der Waals surface area contributed by atoms with Gasteiger partial charge in [-0.05, 0) is 18.6 Å². The van der Waals surface area contributed by atoms with Crippen LogP contribution in [0.25, 0.3) is 0 Å². The topological polar surface area (TPSA) is 119 Å². The minimum absolute atomic E-state index is 0.0903. The molecule has 4 N–H and O–H groups in total. The summed E-state index contributed by atoms with van der Waals surface area (Å²) in [5.41, 5.74) is 0.129. The zero-order chi connectivity index (χ0) is 19.8. The van der Waals surface area contributed by atoms with Crippen LogP contribution in [0, 0.1) is 0 Å². The molecule has 142 valence electrons. The van der Waals surface area contributed by atoms with Crippen LogP contribution in [0.15, 0.2) is 42.5 Å². The van der Waals surface area contributed by atoms with E-state index in [9.17, 15) is 19.5 Å². The number of nitrogens with two attached hydrogens (primary N) is 1. The summed E-state index contributed by atoms with van der Waals surface area (Å²) in [4.78, 5) is 41.4. The van der Waals surface area contributed by atoms with Gasteiger partial charge in [-0.15, -0.1) is 0 Å². The summed E-state index contributed by atoms with van der Waals surface area (Å²) in [5, 5.41) is 12.0. The number of rotatable bonds is 9. The zero-order valence-electron chi connectivity index (χ0n) is 15.0. The molecule has 7 nitrogen and oxygen atoms in total. The zero-order valence-corrected chi connectivity index (χ0v) is 15.0. The van der Waals surface area contributed by atoms with Crippen LogP contribution in [0.1, 0.15) is 58.9 Å². The smallest absolute Gasteiger partial charge is 0.339 e. The normalized spacial score (nSPS) is 10.3. The number of benzene rings is 2. The summed E-state index contributed by atoms with van der Waals surface area (Å²) < 4.78 is 0. The van der Waals surface area contributed by atoms with E-state index in [0.717, 1.165) is 19.3 Å². The van der Waals surface area contributed by atoms with Crippen molar-refractivity contribution in [3.8, 4) is 5.75 Å². The maximum absolute atomic E-state index is 13.0. The number of anilines is 1. The monoisotopic (exact) mass is 370 g/mol. The molecule has 0 aliphatic carbocycles. The quantitative estimate of drug-likeness (QED) is 0.354. The van der Waals surface area contributed by atoms with Crippen LogP contribution in [0.5, 0.6) is 5.75 Å². The summed E-state index contributed by atoms with van der Waals surface area (Å²) >= 11 is 0. The number of carboxylic acid groups (broad SMARTS) is 1. The van der Waals surface area contributed by atoms with Crippen molar-refractivity contribution in [2.24, 2.45) is 5.90 Å². The van der Waals surface area contributed by atoms with E-state index in [0.29, 0.717) is 12.0 Å². The van der Waals surface area contributed by atoms with Crippen LogP contribution in [0.3, 0.4) is 0 Å². The number of amides is 1. The predicted octanol–water partition coefficient (Wildman–Crippen LogP) is 3.39. The van der Waals surface area contributed by atoms with Crippen molar-refractivity contribution in [1.29, 1.82) is 0 Å². The minimum Gasteiger partial charge on any atom is -0.478 e. The molecule has 2 rings (SSSR count). The molecule has 0 radical (unpaired) electrons. The first-order valence-electron chi connectivity index (χ1n) is 8.66. The average molecular weight is 370 g/mol. The lowest BCUT2D eigenvalue weighted by Crippen LogP contribution is -2.19. The van der Waals surface area contributed by atoms with Gasteiger partial charge in [-0.25, -0.2) is 4.79 Å². The van der Waals surface area contributed by atoms with Crippen molar-refractivity contribution in [3.63, 3.8) is 0 Å². The number of carbonyl (C=O) groups is 3. The summed E-state index contributed by atoms with van der Waals surface area (Å²) in [6, 6.07) is 10.9. The number of hydrogen-bond donors (Lipinski definition) is 3. The molecule has 0 atom stereocenters. The molecule has 0 saturated heterocycles. The van der Waals surface area contributed by atoms with Crippen LogP contribution in [0.2, 0.25) is 0 Å². The van der Waals surface area contributed by atoms with Gasteiger partial charge in [-0.2, -0.15) is 5.90 Å². The van der Waals surface area contributed by atoms with Gasteiger partial charge in [0.15, 0.2) is 11.5 Å². The fraction of sp³-hybridized carbons (Fsp3) is 0.250. The Hall–Kier alpha value is -3.19. The lowest BCUT2D eigenvalue weighted by Gasteiger charge is -2.15. The molecule has 0 aliphatic rings. The second kappa shape index (κ2) is 9.49. The number of aromatic carboxylic acids is 1. The summed E-state index contributed by atoms with van der Waals surface area (Å²) in [5.74, 6) is 2.93. The molecule has 0 fully saturated rings. The van der Waals surface area contributed by atoms with Gasteiger partial charge in [-0.3, -0.25) is 9.59 Å². The van der Waals surface area contributed by atoms with Crippen molar-refractivity contribution in [3.05, 3.63) is 59.2 Å². The van der Waals surface area contributed by atoms with Gasteiger partial charge in [0.25, 0.3) is 0 Å². The SMILES string of the molecule is CCCCCC(=O)Nc1ccc(C(=O)O)c(ON)c1C(=O)c1ccccc1. The summed E-state index contributed by atoms with van der Waals surface area (Å²) in [6.45, 7) is 2.03. The van der Waals surface area contributed by atoms with Gasteiger partial charge >= 0.3 is 5.97 Å². The molecule has 0 aromatic heterocycles. The number of carboxylic acids is 1. The van der Waals surface area contributed by atoms with Crippen LogP contribution in [-0.2, 0) is 4.79 Å². The van der Waals surface area contributed by atoms with Crippen molar-refractivity contribution in [2.45, 2.75) is 32.6 Å². The molecule has 0 aliphatic heterocycles. The number of hydrogen-bond acceptors (Lipinski definition) is 5. The Balaban J connectivity index is 2.48. The van der Waals surface area contributed by atoms with Gasteiger partial charge in [0, 0.05) is 12.0 Å². The van der Waals surface area contributed by atoms with E-state index in [1.807, 2.05) is 6.92 Å². The number of nitrogens with one attached hydrogen (secondary N) is 1. The first kappa shape index (κ1) is 20.1. The van der Waals surface area contributed by atoms with E-state index in [1.54, 1.807) is 30.3 Å². The molecule has 1 amide bonds. The lowest BCUT2D eigenvalue weighted by atomic mass is 9.97. The Bertz CT molecular complexity index is 834. The lowest BCUT2D eigenvalue weighted by molar-refractivity contribution is -0.116. The van der Waals surface area contributed by atoms with Crippen LogP contribution in [0.4, 0.5) is 5.69 Å². The highest BCUT2D eigenvalue weighted by Gasteiger charge is 2.26. The van der Waals surface area contributed by atoms with Crippen molar-refractivity contribution in [2.75, 3.05) is 5.32 Å². The molecule has 0 unspecified atom stereocenters. The third-order valence-corrected chi connectivity index (χ3v) is 4.05. The molecule has 0 spiro atoms. The molecular weight excluding hydrogens is 348 g/mol. The summed E-state index contributed by atoms with van der Waals surface area (Å²) in [6.07, 6.45) is 2.91. The van der Waals surface area contributed by atoms with Gasteiger partial charge in [0.2, 0.25) is 5.91 Å². The van der Waals surface area contributed by atoms with E-state index < -0.39 is 11.8 Å². The van der Waals surface area contributed by atoms with Gasteiger partial charge in [0.1, 0.15) is 5.56 Å². The highest BCUT2D eigenvalue weighted by molar-refractivity contribution is 6.17. The van der Waals surface area contributed by atoms with E-state index in [1.165, 1.54) is 12.1 Å². The van der Waals surface area contributed by atoms with Crippen LogP contribution in [-0.4, -0.2) is 22.8 Å². The molecule has 2 aromatic carbocycles. The Morgan fingerprint density at radius 2 is 1.78 bits per heavy atom. The maximum atomic E-state index is 13.0. The van der Waals surface area contributed by atoms with Gasteiger partial charge < -0.3 is 15.3 Å². The van der Waals surface area contributed by atoms with Gasteiger partial charge in [-0.1, -0.05) is 50.1 Å².